The number of rotatable bonds is 6. The first-order valence-corrected chi connectivity index (χ1v) is 7.41. The summed E-state index contributed by atoms with van der Waals surface area (Å²) in [4.78, 5) is 17.6. The lowest BCUT2D eigenvalue weighted by Crippen LogP contribution is -2.08. The van der Waals surface area contributed by atoms with Gasteiger partial charge in [-0.25, -0.2) is 9.97 Å². The van der Waals surface area contributed by atoms with Crippen LogP contribution in [0.2, 0.25) is 0 Å². The van der Waals surface area contributed by atoms with Gasteiger partial charge in [0.15, 0.2) is 17.0 Å². The van der Waals surface area contributed by atoms with E-state index < -0.39 is 0 Å². The molecule has 0 radical (unpaired) electrons. The Morgan fingerprint density at radius 3 is 2.64 bits per heavy atom. The average Bonchev–Trinajstić information content (AvgIpc) is 2.56. The van der Waals surface area contributed by atoms with Crippen molar-refractivity contribution in [1.29, 1.82) is 0 Å². The van der Waals surface area contributed by atoms with Crippen molar-refractivity contribution in [2.75, 3.05) is 17.2 Å². The van der Waals surface area contributed by atoms with E-state index in [-0.39, 0.29) is 0 Å². The van der Waals surface area contributed by atoms with Crippen LogP contribution >= 0.6 is 0 Å². The molecule has 0 unspecified atom stereocenters. The minimum atomic E-state index is 0.569. The summed E-state index contributed by atoms with van der Waals surface area (Å²) in [5.41, 5.74) is 2.19. The summed E-state index contributed by atoms with van der Waals surface area (Å²) in [5, 5.41) is 6.52. The number of nitrogens with one attached hydrogen (secondary N) is 2. The molecule has 0 saturated carbocycles. The molecule has 2 N–H and O–H groups in total. The highest BCUT2D eigenvalue weighted by molar-refractivity contribution is 5.85. The standard InChI is InChI=1S/C16H18N6/c1-2-3-9-19-16-21-14-13(17-10-11-18-14)15(22-16)20-12-7-5-4-6-8-12/h4-8,10-11H,2-3,9H2,1H3,(H2,18,19,20,21,22). The van der Waals surface area contributed by atoms with Crippen molar-refractivity contribution in [3.8, 4) is 0 Å². The van der Waals surface area contributed by atoms with Crippen molar-refractivity contribution in [2.24, 2.45) is 0 Å². The van der Waals surface area contributed by atoms with Crippen LogP contribution in [0.5, 0.6) is 0 Å². The summed E-state index contributed by atoms with van der Waals surface area (Å²) >= 11 is 0. The Bertz CT molecular complexity index is 744. The van der Waals surface area contributed by atoms with Crippen LogP contribution in [0.1, 0.15) is 19.8 Å². The van der Waals surface area contributed by atoms with E-state index in [9.17, 15) is 0 Å². The molecule has 2 aromatic heterocycles. The maximum atomic E-state index is 4.53. The first-order chi connectivity index (χ1) is 10.9. The predicted octanol–water partition coefficient (Wildman–Crippen LogP) is 3.38. The highest BCUT2D eigenvalue weighted by atomic mass is 15.2. The van der Waals surface area contributed by atoms with Gasteiger partial charge in [-0.1, -0.05) is 31.5 Å². The second-order valence-corrected chi connectivity index (χ2v) is 4.90. The molecular weight excluding hydrogens is 276 g/mol. The summed E-state index contributed by atoms with van der Waals surface area (Å²) in [6.07, 6.45) is 5.47. The lowest BCUT2D eigenvalue weighted by Gasteiger charge is -2.10. The number of hydrogen-bond acceptors (Lipinski definition) is 6. The van der Waals surface area contributed by atoms with E-state index in [4.69, 9.17) is 0 Å². The summed E-state index contributed by atoms with van der Waals surface area (Å²) in [6, 6.07) is 9.87. The van der Waals surface area contributed by atoms with E-state index in [0.717, 1.165) is 25.1 Å². The van der Waals surface area contributed by atoms with E-state index in [1.807, 2.05) is 30.3 Å². The lowest BCUT2D eigenvalue weighted by atomic mass is 10.3. The molecule has 0 fully saturated rings. The van der Waals surface area contributed by atoms with Gasteiger partial charge in [-0.2, -0.15) is 9.97 Å². The molecule has 0 atom stereocenters. The molecule has 112 valence electrons. The highest BCUT2D eigenvalue weighted by Crippen LogP contribution is 2.22. The Hall–Kier alpha value is -2.76. The Morgan fingerprint density at radius 1 is 1.00 bits per heavy atom. The Balaban J connectivity index is 1.95. The van der Waals surface area contributed by atoms with Crippen LogP contribution in [0.25, 0.3) is 11.2 Å². The quantitative estimate of drug-likeness (QED) is 0.679. The Labute approximate surface area is 129 Å². The molecule has 1 aromatic carbocycles. The van der Waals surface area contributed by atoms with Gasteiger partial charge >= 0.3 is 0 Å². The van der Waals surface area contributed by atoms with E-state index >= 15 is 0 Å². The van der Waals surface area contributed by atoms with Crippen molar-refractivity contribution in [3.63, 3.8) is 0 Å². The number of unbranched alkanes of at least 4 members (excludes halogenated alkanes) is 1. The largest absolute Gasteiger partial charge is 0.354 e. The van der Waals surface area contributed by atoms with Crippen LogP contribution in [0.4, 0.5) is 17.5 Å². The molecule has 6 heteroatoms. The van der Waals surface area contributed by atoms with E-state index in [0.29, 0.717) is 22.9 Å². The molecule has 22 heavy (non-hydrogen) atoms. The molecule has 0 spiro atoms. The molecule has 3 aromatic rings. The van der Waals surface area contributed by atoms with Gasteiger partial charge < -0.3 is 10.6 Å². The maximum Gasteiger partial charge on any atom is 0.226 e. The normalized spacial score (nSPS) is 10.6. The molecule has 3 rings (SSSR count). The topological polar surface area (TPSA) is 75.6 Å². The SMILES string of the molecule is CCCCNc1nc(Nc2ccccc2)c2nccnc2n1. The van der Waals surface area contributed by atoms with Gasteiger partial charge in [0.25, 0.3) is 0 Å². The van der Waals surface area contributed by atoms with Crippen LogP contribution in [0, 0.1) is 0 Å². The molecule has 0 bridgehead atoms. The van der Waals surface area contributed by atoms with Gasteiger partial charge in [0.1, 0.15) is 0 Å². The fraction of sp³-hybridized carbons (Fsp3) is 0.250. The molecule has 6 nitrogen and oxygen atoms in total. The fourth-order valence-corrected chi connectivity index (χ4v) is 2.07. The molecule has 0 aliphatic carbocycles. The van der Waals surface area contributed by atoms with E-state index in [1.165, 1.54) is 0 Å². The smallest absolute Gasteiger partial charge is 0.226 e. The monoisotopic (exact) mass is 294 g/mol. The van der Waals surface area contributed by atoms with Crippen LogP contribution in [-0.4, -0.2) is 26.5 Å². The number of aromatic nitrogens is 4. The van der Waals surface area contributed by atoms with Gasteiger partial charge in [0.05, 0.1) is 0 Å². The van der Waals surface area contributed by atoms with Gasteiger partial charge in [-0.05, 0) is 18.6 Å². The fourth-order valence-electron chi connectivity index (χ4n) is 2.07. The number of para-hydroxylation sites is 1. The zero-order valence-electron chi connectivity index (χ0n) is 12.5. The van der Waals surface area contributed by atoms with Crippen molar-refractivity contribution in [2.45, 2.75) is 19.8 Å². The second-order valence-electron chi connectivity index (χ2n) is 4.90. The zero-order chi connectivity index (χ0) is 15.2. The zero-order valence-corrected chi connectivity index (χ0v) is 12.5. The molecule has 0 aliphatic rings. The van der Waals surface area contributed by atoms with Crippen molar-refractivity contribution in [3.05, 3.63) is 42.7 Å². The Kier molecular flexibility index (Phi) is 4.38. The molecule has 0 saturated heterocycles. The third-order valence-corrected chi connectivity index (χ3v) is 3.18. The third kappa shape index (κ3) is 3.28. The first kappa shape index (κ1) is 14.2. The first-order valence-electron chi connectivity index (χ1n) is 7.41. The van der Waals surface area contributed by atoms with Crippen molar-refractivity contribution in [1.82, 2.24) is 19.9 Å². The minimum absolute atomic E-state index is 0.569. The van der Waals surface area contributed by atoms with E-state index in [1.54, 1.807) is 12.4 Å². The number of benzene rings is 1. The van der Waals surface area contributed by atoms with E-state index in [2.05, 4.69) is 37.5 Å². The molecular formula is C16H18N6. The van der Waals surface area contributed by atoms with Crippen molar-refractivity contribution < 1.29 is 0 Å². The van der Waals surface area contributed by atoms with Gasteiger partial charge in [0.2, 0.25) is 5.95 Å². The molecule has 0 aliphatic heterocycles. The third-order valence-electron chi connectivity index (χ3n) is 3.18. The lowest BCUT2D eigenvalue weighted by molar-refractivity contribution is 0.827. The summed E-state index contributed by atoms with van der Waals surface area (Å²) in [5.74, 6) is 1.23. The highest BCUT2D eigenvalue weighted by Gasteiger charge is 2.09. The van der Waals surface area contributed by atoms with Gasteiger partial charge in [-0.15, -0.1) is 0 Å². The average molecular weight is 294 g/mol. The molecule has 2 heterocycles. The van der Waals surface area contributed by atoms with Crippen molar-refractivity contribution >= 4 is 28.6 Å². The summed E-state index contributed by atoms with van der Waals surface area (Å²) in [7, 11) is 0. The number of anilines is 3. The van der Waals surface area contributed by atoms with Gasteiger partial charge in [0, 0.05) is 24.6 Å². The summed E-state index contributed by atoms with van der Waals surface area (Å²) < 4.78 is 0. The number of hydrogen-bond donors (Lipinski definition) is 2. The van der Waals surface area contributed by atoms with Crippen LogP contribution in [0.15, 0.2) is 42.7 Å². The number of fused-ring (bicyclic) bond motifs is 1. The molecule has 0 amide bonds. The van der Waals surface area contributed by atoms with Crippen LogP contribution in [0.3, 0.4) is 0 Å². The Morgan fingerprint density at radius 2 is 1.82 bits per heavy atom. The minimum Gasteiger partial charge on any atom is -0.354 e. The number of nitrogens with zero attached hydrogens (tertiary/aromatic N) is 4. The van der Waals surface area contributed by atoms with Crippen LogP contribution < -0.4 is 10.6 Å². The summed E-state index contributed by atoms with van der Waals surface area (Å²) in [6.45, 7) is 2.99. The second kappa shape index (κ2) is 6.80. The van der Waals surface area contributed by atoms with Crippen LogP contribution in [-0.2, 0) is 0 Å². The van der Waals surface area contributed by atoms with Gasteiger partial charge in [-0.3, -0.25) is 0 Å². The predicted molar refractivity (Wildman–Crippen MR) is 88.3 cm³/mol. The maximum absolute atomic E-state index is 4.53.